The lowest BCUT2D eigenvalue weighted by Crippen LogP contribution is -2.37. The van der Waals surface area contributed by atoms with E-state index in [1.807, 2.05) is 24.3 Å². The molecule has 0 bridgehead atoms. The molecule has 1 fully saturated rings. The van der Waals surface area contributed by atoms with E-state index in [1.165, 1.54) is 43.2 Å². The molecule has 1 aliphatic rings. The molecule has 3 rings (SSSR count). The summed E-state index contributed by atoms with van der Waals surface area (Å²) in [6.45, 7) is 2.35. The number of hydrogen-bond donors (Lipinski definition) is 2. The molecule has 0 unspecified atom stereocenters. The first-order chi connectivity index (χ1) is 16.0. The molecule has 0 aliphatic heterocycles. The number of aliphatic imine (C=N–C) groups is 1. The number of nitrogens with one attached hydrogen (secondary N) is 2. The lowest BCUT2D eigenvalue weighted by atomic mass is 9.94. The van der Waals surface area contributed by atoms with E-state index in [1.54, 1.807) is 26.0 Å². The van der Waals surface area contributed by atoms with Gasteiger partial charge in [0.15, 0.2) is 5.96 Å². The van der Waals surface area contributed by atoms with Crippen LogP contribution in [0.25, 0.3) is 0 Å². The van der Waals surface area contributed by atoms with Gasteiger partial charge in [0, 0.05) is 52.4 Å². The van der Waals surface area contributed by atoms with Gasteiger partial charge in [-0.2, -0.15) is 0 Å². The number of carbonyl (C=O) groups excluding carboxylic acids is 1. The van der Waals surface area contributed by atoms with E-state index < -0.39 is 0 Å². The van der Waals surface area contributed by atoms with E-state index in [4.69, 9.17) is 0 Å². The van der Waals surface area contributed by atoms with Gasteiger partial charge in [0.05, 0.1) is 0 Å². The van der Waals surface area contributed by atoms with Crippen molar-refractivity contribution in [3.63, 3.8) is 0 Å². The predicted molar refractivity (Wildman–Crippen MR) is 152 cm³/mol. The fourth-order valence-electron chi connectivity index (χ4n) is 4.41. The third-order valence-electron chi connectivity index (χ3n) is 6.47. The van der Waals surface area contributed by atoms with Gasteiger partial charge in [-0.1, -0.05) is 55.7 Å². The normalized spacial score (nSPS) is 14.4. The van der Waals surface area contributed by atoms with Crippen LogP contribution in [0, 0.1) is 0 Å². The van der Waals surface area contributed by atoms with E-state index in [0.717, 1.165) is 24.6 Å². The molecule has 2 aromatic carbocycles. The summed E-state index contributed by atoms with van der Waals surface area (Å²) >= 11 is 0. The van der Waals surface area contributed by atoms with Gasteiger partial charge in [-0.3, -0.25) is 14.7 Å². The molecule has 0 aromatic heterocycles. The second-order valence-corrected chi connectivity index (χ2v) is 9.15. The second-order valence-electron chi connectivity index (χ2n) is 9.15. The van der Waals surface area contributed by atoms with E-state index >= 15 is 0 Å². The van der Waals surface area contributed by atoms with Crippen molar-refractivity contribution >= 4 is 35.8 Å². The highest BCUT2D eigenvalue weighted by molar-refractivity contribution is 14.0. The maximum absolute atomic E-state index is 12.1. The first-order valence-corrected chi connectivity index (χ1v) is 12.0. The molecule has 2 N–H and O–H groups in total. The van der Waals surface area contributed by atoms with E-state index in [9.17, 15) is 4.79 Å². The Morgan fingerprint density at radius 2 is 1.53 bits per heavy atom. The monoisotopic (exact) mass is 577 g/mol. The van der Waals surface area contributed by atoms with Crippen molar-refractivity contribution in [2.75, 3.05) is 28.2 Å². The van der Waals surface area contributed by atoms with Crippen molar-refractivity contribution < 1.29 is 4.79 Å². The highest BCUT2D eigenvalue weighted by Gasteiger charge is 2.18. The fraction of sp³-hybridized carbons (Fsp3) is 0.481. The Bertz CT molecular complexity index is 923. The molecule has 0 heterocycles. The van der Waals surface area contributed by atoms with Crippen molar-refractivity contribution in [2.45, 2.75) is 57.8 Å². The van der Waals surface area contributed by atoms with Crippen molar-refractivity contribution in [2.24, 2.45) is 4.99 Å². The highest BCUT2D eigenvalue weighted by atomic mass is 127. The molecule has 0 atom stereocenters. The lowest BCUT2D eigenvalue weighted by Gasteiger charge is -2.31. The van der Waals surface area contributed by atoms with Gasteiger partial charge in [0.25, 0.3) is 5.91 Å². The minimum Gasteiger partial charge on any atom is -0.352 e. The number of guanidine groups is 1. The fourth-order valence-corrected chi connectivity index (χ4v) is 4.41. The molecule has 34 heavy (non-hydrogen) atoms. The Morgan fingerprint density at radius 1 is 0.912 bits per heavy atom. The van der Waals surface area contributed by atoms with Crippen LogP contribution < -0.4 is 10.6 Å². The zero-order chi connectivity index (χ0) is 23.6. The summed E-state index contributed by atoms with van der Waals surface area (Å²) in [5.41, 5.74) is 4.47. The van der Waals surface area contributed by atoms with Crippen LogP contribution in [0.15, 0.2) is 53.5 Å². The van der Waals surface area contributed by atoms with Crippen LogP contribution in [0.2, 0.25) is 0 Å². The largest absolute Gasteiger partial charge is 0.352 e. The summed E-state index contributed by atoms with van der Waals surface area (Å²) in [5.74, 6) is 0.777. The number of halogens is 1. The Hall–Kier alpha value is -2.13. The van der Waals surface area contributed by atoms with Gasteiger partial charge in [0.1, 0.15) is 0 Å². The van der Waals surface area contributed by atoms with Crippen molar-refractivity contribution in [1.82, 2.24) is 20.4 Å². The van der Waals surface area contributed by atoms with Crippen LogP contribution in [0.5, 0.6) is 0 Å². The lowest BCUT2D eigenvalue weighted by molar-refractivity contribution is 0.0827. The first kappa shape index (κ1) is 28.1. The average molecular weight is 578 g/mol. The van der Waals surface area contributed by atoms with E-state index in [2.05, 4.69) is 51.8 Å². The van der Waals surface area contributed by atoms with Crippen molar-refractivity contribution in [1.29, 1.82) is 0 Å². The van der Waals surface area contributed by atoms with Crippen LogP contribution in [-0.2, 0) is 19.6 Å². The highest BCUT2D eigenvalue weighted by Crippen LogP contribution is 2.23. The summed E-state index contributed by atoms with van der Waals surface area (Å²) in [6.07, 6.45) is 6.73. The first-order valence-electron chi connectivity index (χ1n) is 12.0. The summed E-state index contributed by atoms with van der Waals surface area (Å²) in [4.78, 5) is 20.5. The molecule has 0 spiro atoms. The smallest absolute Gasteiger partial charge is 0.253 e. The molecule has 1 aliphatic carbocycles. The molecule has 1 saturated carbocycles. The van der Waals surface area contributed by atoms with Crippen LogP contribution >= 0.6 is 24.0 Å². The standard InChI is InChI=1S/C27H39N5O.HI/c1-28-27(29-18-21-14-16-22(17-15-21)26(33)31(2)3)30-19-23-10-8-9-11-24(23)20-32(4)25-12-6-5-7-13-25;/h8-11,14-17,25H,5-7,12-13,18-20H2,1-4H3,(H2,28,29,30);1H. The number of rotatable bonds is 8. The maximum Gasteiger partial charge on any atom is 0.253 e. The molecule has 6 nitrogen and oxygen atoms in total. The number of amides is 1. The van der Waals surface area contributed by atoms with Gasteiger partial charge in [-0.15, -0.1) is 24.0 Å². The number of nitrogens with zero attached hydrogens (tertiary/aromatic N) is 3. The third kappa shape index (κ3) is 8.27. The van der Waals surface area contributed by atoms with Crippen molar-refractivity contribution in [3.8, 4) is 0 Å². The Kier molecular flexibility index (Phi) is 11.8. The van der Waals surface area contributed by atoms with Gasteiger partial charge < -0.3 is 15.5 Å². The minimum absolute atomic E-state index is 0. The summed E-state index contributed by atoms with van der Waals surface area (Å²) < 4.78 is 0. The van der Waals surface area contributed by atoms with Crippen molar-refractivity contribution in [3.05, 3.63) is 70.8 Å². The number of benzene rings is 2. The Morgan fingerprint density at radius 3 is 2.15 bits per heavy atom. The summed E-state index contributed by atoms with van der Waals surface area (Å²) in [7, 11) is 7.58. The molecule has 1 amide bonds. The molecule has 186 valence electrons. The maximum atomic E-state index is 12.1. The minimum atomic E-state index is 0. The van der Waals surface area contributed by atoms with Crippen LogP contribution in [0.3, 0.4) is 0 Å². The number of carbonyl (C=O) groups is 1. The third-order valence-corrected chi connectivity index (χ3v) is 6.47. The Balaban J connectivity index is 0.00000408. The molecule has 2 aromatic rings. The number of hydrogen-bond acceptors (Lipinski definition) is 3. The molecular formula is C27H40IN5O. The van der Waals surface area contributed by atoms with Gasteiger partial charge >= 0.3 is 0 Å². The molecule has 7 heteroatoms. The van der Waals surface area contributed by atoms with Gasteiger partial charge in [-0.25, -0.2) is 0 Å². The predicted octanol–water partition coefficient (Wildman–Crippen LogP) is 4.64. The Labute approximate surface area is 222 Å². The zero-order valence-corrected chi connectivity index (χ0v) is 23.3. The second kappa shape index (κ2) is 14.3. The van der Waals surface area contributed by atoms with Crippen LogP contribution in [-0.4, -0.2) is 55.9 Å². The van der Waals surface area contributed by atoms with Gasteiger partial charge in [-0.05, 0) is 48.7 Å². The SMILES string of the molecule is CN=C(NCc1ccc(C(=O)N(C)C)cc1)NCc1ccccc1CN(C)C1CCCCC1.I. The zero-order valence-electron chi connectivity index (χ0n) is 21.0. The molecule has 0 saturated heterocycles. The van der Waals surface area contributed by atoms with Crippen LogP contribution in [0.4, 0.5) is 0 Å². The molecule has 0 radical (unpaired) electrons. The van der Waals surface area contributed by atoms with E-state index in [-0.39, 0.29) is 29.9 Å². The average Bonchev–Trinajstić information content (AvgIpc) is 2.85. The van der Waals surface area contributed by atoms with E-state index in [0.29, 0.717) is 18.2 Å². The summed E-state index contributed by atoms with van der Waals surface area (Å²) in [5, 5.41) is 6.83. The summed E-state index contributed by atoms with van der Waals surface area (Å²) in [6, 6.07) is 17.1. The van der Waals surface area contributed by atoms with Crippen LogP contribution in [0.1, 0.15) is 59.2 Å². The topological polar surface area (TPSA) is 60.0 Å². The quantitative estimate of drug-likeness (QED) is 0.273. The van der Waals surface area contributed by atoms with Gasteiger partial charge in [0.2, 0.25) is 0 Å². The molecular weight excluding hydrogens is 537 g/mol.